The normalized spacial score (nSPS) is 13.7. The summed E-state index contributed by atoms with van der Waals surface area (Å²) in [6.45, 7) is 4.23. The number of benzene rings is 1. The first kappa shape index (κ1) is 14.0. The number of fused-ring (bicyclic) bond motifs is 1. The Morgan fingerprint density at radius 2 is 2.00 bits per heavy atom. The van der Waals surface area contributed by atoms with E-state index in [1.807, 2.05) is 6.07 Å². The molecular weight excluding hydrogens is 236 g/mol. The number of hydrogen-bond acceptors (Lipinski definition) is 3. The number of rotatable bonds is 5. The third-order valence-electron chi connectivity index (χ3n) is 4.16. The minimum Gasteiger partial charge on any atom is -0.376 e. The first-order valence-corrected chi connectivity index (χ1v) is 6.82. The number of nitrogens with two attached hydrogens (primary N) is 1. The van der Waals surface area contributed by atoms with Crippen molar-refractivity contribution in [2.24, 2.45) is 5.73 Å². The van der Waals surface area contributed by atoms with E-state index >= 15 is 0 Å². The second-order valence-corrected chi connectivity index (χ2v) is 4.91. The molecule has 1 heterocycles. The molecule has 3 heteroatoms. The molecule has 0 fully saturated rings. The van der Waals surface area contributed by atoms with Crippen molar-refractivity contribution in [1.29, 1.82) is 0 Å². The Morgan fingerprint density at radius 3 is 2.63 bits per heavy atom. The first-order chi connectivity index (χ1) is 9.16. The summed E-state index contributed by atoms with van der Waals surface area (Å²) >= 11 is 0. The molecule has 0 aliphatic heterocycles. The highest BCUT2D eigenvalue weighted by Crippen LogP contribution is 2.33. The number of aromatic nitrogens is 1. The fourth-order valence-electron chi connectivity index (χ4n) is 2.69. The molecule has 102 valence electrons. The number of pyridine rings is 1. The second kappa shape index (κ2) is 5.68. The van der Waals surface area contributed by atoms with Gasteiger partial charge >= 0.3 is 0 Å². The number of hydrogen-bond donors (Lipinski definition) is 1. The van der Waals surface area contributed by atoms with Gasteiger partial charge in [0.2, 0.25) is 0 Å². The van der Waals surface area contributed by atoms with E-state index < -0.39 is 0 Å². The molecule has 1 unspecified atom stereocenters. The number of ether oxygens (including phenoxy) is 1. The highest BCUT2D eigenvalue weighted by Gasteiger charge is 2.34. The lowest BCUT2D eigenvalue weighted by atomic mass is 9.84. The molecule has 3 nitrogen and oxygen atoms in total. The third-order valence-corrected chi connectivity index (χ3v) is 4.16. The summed E-state index contributed by atoms with van der Waals surface area (Å²) < 4.78 is 5.72. The maximum atomic E-state index is 6.44. The zero-order valence-electron chi connectivity index (χ0n) is 11.9. The summed E-state index contributed by atoms with van der Waals surface area (Å²) in [5.41, 5.74) is 8.20. The predicted molar refractivity (Wildman–Crippen MR) is 79.0 cm³/mol. The van der Waals surface area contributed by atoms with Gasteiger partial charge < -0.3 is 10.5 Å². The molecule has 0 saturated heterocycles. The van der Waals surface area contributed by atoms with Crippen LogP contribution in [0.2, 0.25) is 0 Å². The predicted octanol–water partition coefficient (Wildman–Crippen LogP) is 3.44. The average molecular weight is 258 g/mol. The topological polar surface area (TPSA) is 48.1 Å². The Balaban J connectivity index is 2.43. The lowest BCUT2D eigenvalue weighted by molar-refractivity contribution is -0.0385. The molecule has 19 heavy (non-hydrogen) atoms. The van der Waals surface area contributed by atoms with Crippen molar-refractivity contribution in [2.45, 2.75) is 38.3 Å². The van der Waals surface area contributed by atoms with Gasteiger partial charge in [0.05, 0.1) is 17.2 Å². The van der Waals surface area contributed by atoms with E-state index in [0.717, 1.165) is 29.3 Å². The summed E-state index contributed by atoms with van der Waals surface area (Å²) in [6.07, 6.45) is 3.59. The van der Waals surface area contributed by atoms with Crippen molar-refractivity contribution >= 4 is 10.9 Å². The molecule has 1 aromatic heterocycles. The molecule has 0 spiro atoms. The summed E-state index contributed by atoms with van der Waals surface area (Å²) in [6, 6.07) is 10.1. The summed E-state index contributed by atoms with van der Waals surface area (Å²) in [5, 5.41) is 1.13. The van der Waals surface area contributed by atoms with Gasteiger partial charge in [0.15, 0.2) is 0 Å². The minimum absolute atomic E-state index is 0.140. The smallest absolute Gasteiger partial charge is 0.0865 e. The molecule has 0 radical (unpaired) electrons. The van der Waals surface area contributed by atoms with E-state index in [4.69, 9.17) is 10.5 Å². The molecule has 0 aliphatic carbocycles. The van der Waals surface area contributed by atoms with Crippen molar-refractivity contribution in [1.82, 2.24) is 4.98 Å². The molecule has 2 rings (SSSR count). The van der Waals surface area contributed by atoms with Gasteiger partial charge in [-0.3, -0.25) is 4.98 Å². The standard InChI is InChI=1S/C16H22N2O/c1-4-16(5-2,19-3)15(17)13-9-8-12-7-6-10-18-14(12)11-13/h6-11,15H,4-5,17H2,1-3H3. The molecular formula is C16H22N2O. The summed E-state index contributed by atoms with van der Waals surface area (Å²) in [4.78, 5) is 4.39. The van der Waals surface area contributed by atoms with Crippen molar-refractivity contribution in [3.05, 3.63) is 42.1 Å². The quantitative estimate of drug-likeness (QED) is 0.893. The SMILES string of the molecule is CCC(CC)(OC)C(N)c1ccc2cccnc2c1. The monoisotopic (exact) mass is 258 g/mol. The largest absolute Gasteiger partial charge is 0.376 e. The Kier molecular flexibility index (Phi) is 4.17. The van der Waals surface area contributed by atoms with Crippen LogP contribution in [0.5, 0.6) is 0 Å². The van der Waals surface area contributed by atoms with Gasteiger partial charge in [0.1, 0.15) is 0 Å². The Hall–Kier alpha value is -1.45. The van der Waals surface area contributed by atoms with E-state index in [1.54, 1.807) is 13.3 Å². The maximum Gasteiger partial charge on any atom is 0.0865 e. The highest BCUT2D eigenvalue weighted by molar-refractivity contribution is 5.79. The van der Waals surface area contributed by atoms with E-state index in [2.05, 4.69) is 43.1 Å². The van der Waals surface area contributed by atoms with Gasteiger partial charge in [-0.25, -0.2) is 0 Å². The van der Waals surface area contributed by atoms with Crippen LogP contribution in [0.1, 0.15) is 38.3 Å². The van der Waals surface area contributed by atoms with Crippen LogP contribution >= 0.6 is 0 Å². The van der Waals surface area contributed by atoms with Crippen LogP contribution in [-0.4, -0.2) is 17.7 Å². The first-order valence-electron chi connectivity index (χ1n) is 6.82. The van der Waals surface area contributed by atoms with Crippen LogP contribution in [-0.2, 0) is 4.74 Å². The van der Waals surface area contributed by atoms with Gasteiger partial charge in [0, 0.05) is 18.7 Å². The third kappa shape index (κ3) is 2.48. The van der Waals surface area contributed by atoms with Crippen molar-refractivity contribution in [3.8, 4) is 0 Å². The molecule has 0 bridgehead atoms. The van der Waals surface area contributed by atoms with E-state index in [1.165, 1.54) is 0 Å². The average Bonchev–Trinajstić information content (AvgIpc) is 2.49. The maximum absolute atomic E-state index is 6.44. The van der Waals surface area contributed by atoms with E-state index in [-0.39, 0.29) is 11.6 Å². The van der Waals surface area contributed by atoms with Gasteiger partial charge in [-0.2, -0.15) is 0 Å². The lowest BCUT2D eigenvalue weighted by Gasteiger charge is -2.36. The summed E-state index contributed by atoms with van der Waals surface area (Å²) in [5.74, 6) is 0. The number of methoxy groups -OCH3 is 1. The van der Waals surface area contributed by atoms with E-state index in [0.29, 0.717) is 0 Å². The zero-order chi connectivity index (χ0) is 13.9. The van der Waals surface area contributed by atoms with Crippen LogP contribution in [0, 0.1) is 0 Å². The van der Waals surface area contributed by atoms with Crippen LogP contribution < -0.4 is 5.73 Å². The number of nitrogens with zero attached hydrogens (tertiary/aromatic N) is 1. The molecule has 1 atom stereocenters. The van der Waals surface area contributed by atoms with Crippen LogP contribution in [0.3, 0.4) is 0 Å². The van der Waals surface area contributed by atoms with E-state index in [9.17, 15) is 0 Å². The van der Waals surface area contributed by atoms with Gasteiger partial charge in [-0.1, -0.05) is 32.0 Å². The Morgan fingerprint density at radius 1 is 1.26 bits per heavy atom. The molecule has 1 aromatic carbocycles. The highest BCUT2D eigenvalue weighted by atomic mass is 16.5. The molecule has 2 aromatic rings. The zero-order valence-corrected chi connectivity index (χ0v) is 11.9. The molecule has 0 saturated carbocycles. The second-order valence-electron chi connectivity index (χ2n) is 4.91. The van der Waals surface area contributed by atoms with Crippen molar-refractivity contribution in [2.75, 3.05) is 7.11 Å². The molecule has 2 N–H and O–H groups in total. The molecule has 0 amide bonds. The van der Waals surface area contributed by atoms with Crippen LogP contribution in [0.25, 0.3) is 10.9 Å². The van der Waals surface area contributed by atoms with Crippen molar-refractivity contribution < 1.29 is 4.74 Å². The van der Waals surface area contributed by atoms with Gasteiger partial charge in [0.25, 0.3) is 0 Å². The van der Waals surface area contributed by atoms with Gasteiger partial charge in [-0.15, -0.1) is 0 Å². The minimum atomic E-state index is -0.303. The fourth-order valence-corrected chi connectivity index (χ4v) is 2.69. The Bertz CT molecular complexity index is 541. The van der Waals surface area contributed by atoms with Crippen LogP contribution in [0.4, 0.5) is 0 Å². The van der Waals surface area contributed by atoms with Crippen LogP contribution in [0.15, 0.2) is 36.5 Å². The summed E-state index contributed by atoms with van der Waals surface area (Å²) in [7, 11) is 1.74. The van der Waals surface area contributed by atoms with Gasteiger partial charge in [-0.05, 0) is 30.5 Å². The lowest BCUT2D eigenvalue weighted by Crippen LogP contribution is -2.42. The Labute approximate surface area is 114 Å². The molecule has 0 aliphatic rings. The van der Waals surface area contributed by atoms with Crippen molar-refractivity contribution in [3.63, 3.8) is 0 Å². The fraction of sp³-hybridized carbons (Fsp3) is 0.438.